The van der Waals surface area contributed by atoms with E-state index in [9.17, 15) is 17.6 Å². The van der Waals surface area contributed by atoms with Crippen molar-refractivity contribution in [1.82, 2.24) is 24.7 Å². The maximum absolute atomic E-state index is 13.3. The van der Waals surface area contributed by atoms with Crippen LogP contribution in [0.3, 0.4) is 0 Å². The summed E-state index contributed by atoms with van der Waals surface area (Å²) in [6.07, 6.45) is 2.59. The summed E-state index contributed by atoms with van der Waals surface area (Å²) in [7, 11) is -1.79. The SMILES string of the molecule is CCS(=O)(=O)Nc1cc(-c2cnn(C)c2)ccc1Nc1cc(NC(=O)[C@H]2C[C@H]2F)nc2nc(C)[nH]c12. The zero-order chi connectivity index (χ0) is 25.6. The summed E-state index contributed by atoms with van der Waals surface area (Å²) in [5, 5.41) is 10.1. The predicted molar refractivity (Wildman–Crippen MR) is 135 cm³/mol. The minimum absolute atomic E-state index is 0.101. The summed E-state index contributed by atoms with van der Waals surface area (Å²) in [6.45, 7) is 3.32. The van der Waals surface area contributed by atoms with Crippen LogP contribution >= 0.6 is 0 Å². The number of sulfonamides is 1. The molecule has 0 aliphatic heterocycles. The fraction of sp³-hybridized carbons (Fsp3) is 0.304. The number of aryl methyl sites for hydroxylation is 2. The molecule has 1 amide bonds. The van der Waals surface area contributed by atoms with Gasteiger partial charge in [-0.1, -0.05) is 6.07 Å². The van der Waals surface area contributed by atoms with Gasteiger partial charge in [-0.25, -0.2) is 22.8 Å². The molecule has 1 fully saturated rings. The van der Waals surface area contributed by atoms with E-state index in [4.69, 9.17) is 0 Å². The van der Waals surface area contributed by atoms with E-state index in [1.807, 2.05) is 12.3 Å². The Labute approximate surface area is 206 Å². The van der Waals surface area contributed by atoms with E-state index >= 15 is 0 Å². The summed E-state index contributed by atoms with van der Waals surface area (Å²) < 4.78 is 42.5. The van der Waals surface area contributed by atoms with Crippen molar-refractivity contribution in [3.8, 4) is 11.1 Å². The predicted octanol–water partition coefficient (Wildman–Crippen LogP) is 3.47. The molecule has 2 atom stereocenters. The number of rotatable bonds is 8. The summed E-state index contributed by atoms with van der Waals surface area (Å²) in [6, 6.07) is 6.92. The van der Waals surface area contributed by atoms with Gasteiger partial charge >= 0.3 is 0 Å². The van der Waals surface area contributed by atoms with Gasteiger partial charge in [-0.15, -0.1) is 0 Å². The molecule has 3 aromatic heterocycles. The van der Waals surface area contributed by atoms with Crippen molar-refractivity contribution in [2.24, 2.45) is 13.0 Å². The lowest BCUT2D eigenvalue weighted by atomic mass is 10.1. The summed E-state index contributed by atoms with van der Waals surface area (Å²) in [5.41, 5.74) is 3.84. The van der Waals surface area contributed by atoms with Crippen molar-refractivity contribution in [3.05, 3.63) is 42.5 Å². The zero-order valence-electron chi connectivity index (χ0n) is 19.8. The standard InChI is InChI=1S/C23H25FN8O3S/c1-4-36(34,35)31-18-7-13(14-10-25-32(3)11-14)5-6-17(18)28-19-9-20(30-23(33)15-8-16(15)24)29-22-21(19)26-12(2)27-22/h5-7,9-11,15-16,31H,4,8H2,1-3H3,(H3,26,27,28,29,30,33)/t15-,16+/m0/s1. The number of carbonyl (C=O) groups excluding carboxylic acids is 1. The van der Waals surface area contributed by atoms with E-state index < -0.39 is 28.0 Å². The highest BCUT2D eigenvalue weighted by molar-refractivity contribution is 7.92. The number of amides is 1. The fourth-order valence-electron chi connectivity index (χ4n) is 3.79. The Balaban J connectivity index is 1.54. The van der Waals surface area contributed by atoms with Crippen LogP contribution in [-0.2, 0) is 21.9 Å². The average Bonchev–Trinajstić information content (AvgIpc) is 3.20. The Hall–Kier alpha value is -4.00. The normalized spacial score (nSPS) is 17.2. The molecule has 11 nitrogen and oxygen atoms in total. The number of aromatic nitrogens is 5. The molecule has 5 rings (SSSR count). The van der Waals surface area contributed by atoms with Crippen LogP contribution in [0.15, 0.2) is 36.7 Å². The molecule has 0 bridgehead atoms. The summed E-state index contributed by atoms with van der Waals surface area (Å²) in [4.78, 5) is 24.1. The van der Waals surface area contributed by atoms with Crippen molar-refractivity contribution in [1.29, 1.82) is 0 Å². The quantitative estimate of drug-likeness (QED) is 0.283. The third kappa shape index (κ3) is 4.87. The number of imidazole rings is 1. The van der Waals surface area contributed by atoms with Gasteiger partial charge in [0.25, 0.3) is 0 Å². The van der Waals surface area contributed by atoms with Crippen LogP contribution in [0.1, 0.15) is 19.2 Å². The molecule has 3 heterocycles. The molecule has 1 aliphatic rings. The minimum atomic E-state index is -3.59. The van der Waals surface area contributed by atoms with Crippen LogP contribution in [0.2, 0.25) is 0 Å². The largest absolute Gasteiger partial charge is 0.352 e. The van der Waals surface area contributed by atoms with Gasteiger partial charge in [0, 0.05) is 24.9 Å². The van der Waals surface area contributed by atoms with Gasteiger partial charge in [0.15, 0.2) is 5.65 Å². The van der Waals surface area contributed by atoms with Crippen LogP contribution in [0.25, 0.3) is 22.3 Å². The van der Waals surface area contributed by atoms with Gasteiger partial charge in [0.2, 0.25) is 15.9 Å². The molecule has 4 aromatic rings. The maximum Gasteiger partial charge on any atom is 0.232 e. The van der Waals surface area contributed by atoms with E-state index in [1.54, 1.807) is 50.0 Å². The third-order valence-electron chi connectivity index (χ3n) is 5.85. The van der Waals surface area contributed by atoms with Crippen LogP contribution < -0.4 is 15.4 Å². The van der Waals surface area contributed by atoms with Gasteiger partial charge < -0.3 is 15.6 Å². The van der Waals surface area contributed by atoms with Crippen LogP contribution in [0.5, 0.6) is 0 Å². The van der Waals surface area contributed by atoms with E-state index in [-0.39, 0.29) is 18.0 Å². The molecule has 1 aromatic carbocycles. The van der Waals surface area contributed by atoms with E-state index in [2.05, 4.69) is 35.4 Å². The highest BCUT2D eigenvalue weighted by Gasteiger charge is 2.43. The van der Waals surface area contributed by atoms with Gasteiger partial charge in [-0.2, -0.15) is 5.10 Å². The van der Waals surface area contributed by atoms with E-state index in [0.717, 1.165) is 11.1 Å². The average molecular weight is 513 g/mol. The Kier molecular flexibility index (Phi) is 5.86. The Morgan fingerprint density at radius 2 is 1.97 bits per heavy atom. The number of benzene rings is 1. The first kappa shape index (κ1) is 23.7. The lowest BCUT2D eigenvalue weighted by molar-refractivity contribution is -0.117. The molecule has 1 saturated carbocycles. The van der Waals surface area contributed by atoms with Crippen molar-refractivity contribution >= 4 is 50.0 Å². The fourth-order valence-corrected chi connectivity index (χ4v) is 4.44. The molecule has 36 heavy (non-hydrogen) atoms. The third-order valence-corrected chi connectivity index (χ3v) is 7.14. The molecule has 0 saturated heterocycles. The Morgan fingerprint density at radius 3 is 2.64 bits per heavy atom. The molecule has 0 radical (unpaired) electrons. The Morgan fingerprint density at radius 1 is 1.19 bits per heavy atom. The second kappa shape index (κ2) is 8.90. The van der Waals surface area contributed by atoms with Crippen molar-refractivity contribution < 1.29 is 17.6 Å². The number of nitrogens with zero attached hydrogens (tertiary/aromatic N) is 4. The number of aromatic amines is 1. The zero-order valence-corrected chi connectivity index (χ0v) is 20.6. The first-order valence-corrected chi connectivity index (χ1v) is 13.0. The van der Waals surface area contributed by atoms with Crippen molar-refractivity contribution in [2.45, 2.75) is 26.4 Å². The summed E-state index contributed by atoms with van der Waals surface area (Å²) in [5.74, 6) is -0.396. The highest BCUT2D eigenvalue weighted by Crippen LogP contribution is 2.36. The van der Waals surface area contributed by atoms with Crippen molar-refractivity contribution in [3.63, 3.8) is 0 Å². The smallest absolute Gasteiger partial charge is 0.232 e. The minimum Gasteiger partial charge on any atom is -0.352 e. The number of hydrogen-bond acceptors (Lipinski definition) is 7. The monoisotopic (exact) mass is 512 g/mol. The summed E-state index contributed by atoms with van der Waals surface area (Å²) >= 11 is 0. The lowest BCUT2D eigenvalue weighted by Gasteiger charge is -2.16. The number of anilines is 4. The van der Waals surface area contributed by atoms with E-state index in [1.165, 1.54) is 0 Å². The molecule has 0 spiro atoms. The topological polar surface area (TPSA) is 147 Å². The van der Waals surface area contributed by atoms with Crippen molar-refractivity contribution in [2.75, 3.05) is 21.1 Å². The van der Waals surface area contributed by atoms with Crippen LogP contribution in [0, 0.1) is 12.8 Å². The van der Waals surface area contributed by atoms with Crippen LogP contribution in [-0.4, -0.2) is 51.0 Å². The molecule has 0 unspecified atom stereocenters. The number of alkyl halides is 1. The molecule has 13 heteroatoms. The molecular weight excluding hydrogens is 487 g/mol. The number of nitrogens with one attached hydrogen (secondary N) is 4. The molecule has 1 aliphatic carbocycles. The van der Waals surface area contributed by atoms with Crippen LogP contribution in [0.4, 0.5) is 27.3 Å². The highest BCUT2D eigenvalue weighted by atomic mass is 32.2. The van der Waals surface area contributed by atoms with Gasteiger partial charge in [0.1, 0.15) is 23.3 Å². The number of hydrogen-bond donors (Lipinski definition) is 4. The van der Waals surface area contributed by atoms with Gasteiger partial charge in [-0.3, -0.25) is 14.2 Å². The molecular formula is C23H25FN8O3S. The molecule has 188 valence electrons. The number of carbonyl (C=O) groups is 1. The van der Waals surface area contributed by atoms with E-state index in [0.29, 0.717) is 34.1 Å². The number of halogens is 1. The number of H-pyrrole nitrogens is 1. The Bertz CT molecular complexity index is 1580. The second-order valence-corrected chi connectivity index (χ2v) is 10.7. The van der Waals surface area contributed by atoms with Gasteiger partial charge in [-0.05, 0) is 38.0 Å². The maximum atomic E-state index is 13.3. The molecule has 4 N–H and O–H groups in total. The second-order valence-electron chi connectivity index (χ2n) is 8.72. The first-order chi connectivity index (χ1) is 17.1. The first-order valence-electron chi connectivity index (χ1n) is 11.3. The lowest BCUT2D eigenvalue weighted by Crippen LogP contribution is -2.16. The number of pyridine rings is 1. The van der Waals surface area contributed by atoms with Gasteiger partial charge in [0.05, 0.1) is 34.9 Å². The number of fused-ring (bicyclic) bond motifs is 1.